The normalized spacial score (nSPS) is 12.8. The molecule has 1 aliphatic rings. The average Bonchev–Trinajstić information content (AvgIpc) is 3.27. The molecule has 0 unspecified atom stereocenters. The topological polar surface area (TPSA) is 117 Å². The van der Waals surface area contributed by atoms with Gasteiger partial charge in [0, 0.05) is 49.2 Å². The van der Waals surface area contributed by atoms with Crippen molar-refractivity contribution >= 4 is 40.3 Å². The molecule has 9 nitrogen and oxygen atoms in total. The van der Waals surface area contributed by atoms with Crippen LogP contribution in [0.4, 0.5) is 17.2 Å². The van der Waals surface area contributed by atoms with E-state index in [1.807, 2.05) is 25.1 Å². The molecule has 1 aliphatic carbocycles. The third-order valence-corrected chi connectivity index (χ3v) is 8.84. The molecule has 0 radical (unpaired) electrons. The van der Waals surface area contributed by atoms with Crippen molar-refractivity contribution < 1.29 is 14.7 Å². The van der Waals surface area contributed by atoms with Crippen LogP contribution in [-0.4, -0.2) is 51.6 Å². The number of hydrogen-bond acceptors (Lipinski definition) is 7. The smallest absolute Gasteiger partial charge is 0.274 e. The zero-order valence-electron chi connectivity index (χ0n) is 24.1. The standard InChI is InChI=1S/C32H35N5O4S/c1-20-24(9-7-10-25(20)35-30(39)28-17-21-8-5-4-6-11-27(21)42-28)23-16-26(32(41)37(3)19-23)34-29-13-12-22(18-33-29)31(40)36(2)14-15-38/h7,9-10,12-13,16-19,38H,4-6,8,11,14-15H2,1-3H3,(H,33,34)(H,35,39). The van der Waals surface area contributed by atoms with E-state index in [2.05, 4.69) is 21.7 Å². The first-order chi connectivity index (χ1) is 20.2. The Kier molecular flexibility index (Phi) is 8.84. The summed E-state index contributed by atoms with van der Waals surface area (Å²) in [5, 5.41) is 15.3. The van der Waals surface area contributed by atoms with Crippen molar-refractivity contribution in [2.75, 3.05) is 30.8 Å². The Hall–Kier alpha value is -4.28. The van der Waals surface area contributed by atoms with E-state index < -0.39 is 0 Å². The Bertz CT molecular complexity index is 1650. The fourth-order valence-corrected chi connectivity index (χ4v) is 6.35. The lowest BCUT2D eigenvalue weighted by Gasteiger charge is -2.16. The molecule has 0 saturated heterocycles. The minimum atomic E-state index is -0.252. The number of pyridine rings is 2. The second-order valence-corrected chi connectivity index (χ2v) is 11.8. The van der Waals surface area contributed by atoms with E-state index in [0.717, 1.165) is 40.1 Å². The fourth-order valence-electron chi connectivity index (χ4n) is 5.20. The highest BCUT2D eigenvalue weighted by Gasteiger charge is 2.18. The molecule has 5 rings (SSSR count). The van der Waals surface area contributed by atoms with Gasteiger partial charge in [-0.05, 0) is 79.6 Å². The monoisotopic (exact) mass is 585 g/mol. The summed E-state index contributed by atoms with van der Waals surface area (Å²) < 4.78 is 1.50. The number of hydrogen-bond donors (Lipinski definition) is 3. The summed E-state index contributed by atoms with van der Waals surface area (Å²) >= 11 is 1.60. The van der Waals surface area contributed by atoms with Crippen LogP contribution in [0.3, 0.4) is 0 Å². The Morgan fingerprint density at radius 2 is 1.90 bits per heavy atom. The van der Waals surface area contributed by atoms with Crippen LogP contribution in [0.1, 0.15) is 55.3 Å². The molecule has 0 saturated carbocycles. The maximum Gasteiger partial charge on any atom is 0.274 e. The Labute approximate surface area is 248 Å². The molecule has 0 spiro atoms. The van der Waals surface area contributed by atoms with Crippen LogP contribution < -0.4 is 16.2 Å². The molecule has 3 N–H and O–H groups in total. The molecule has 0 fully saturated rings. The minimum Gasteiger partial charge on any atom is -0.395 e. The van der Waals surface area contributed by atoms with Gasteiger partial charge in [-0.25, -0.2) is 4.98 Å². The second kappa shape index (κ2) is 12.7. The van der Waals surface area contributed by atoms with E-state index in [1.54, 1.807) is 49.8 Å². The number of anilines is 3. The van der Waals surface area contributed by atoms with Crippen molar-refractivity contribution in [1.82, 2.24) is 14.5 Å². The van der Waals surface area contributed by atoms with Gasteiger partial charge in [0.25, 0.3) is 17.4 Å². The second-order valence-electron chi connectivity index (χ2n) is 10.6. The van der Waals surface area contributed by atoms with E-state index in [1.165, 1.54) is 45.4 Å². The van der Waals surface area contributed by atoms with Crippen molar-refractivity contribution in [3.8, 4) is 11.1 Å². The summed E-state index contributed by atoms with van der Waals surface area (Å²) in [6, 6.07) is 12.8. The number of likely N-dealkylation sites (N-methyl/N-ethyl adjacent to an activating group) is 1. The number of aromatic nitrogens is 2. The largest absolute Gasteiger partial charge is 0.395 e. The minimum absolute atomic E-state index is 0.105. The zero-order chi connectivity index (χ0) is 29.8. The zero-order valence-corrected chi connectivity index (χ0v) is 24.9. The molecule has 218 valence electrons. The fraction of sp³-hybridized carbons (Fsp3) is 0.312. The van der Waals surface area contributed by atoms with Crippen LogP contribution in [0, 0.1) is 6.92 Å². The first kappa shape index (κ1) is 29.2. The third-order valence-electron chi connectivity index (χ3n) is 7.60. The van der Waals surface area contributed by atoms with E-state index in [-0.39, 0.29) is 30.5 Å². The van der Waals surface area contributed by atoms with Crippen molar-refractivity contribution in [2.45, 2.75) is 39.0 Å². The lowest BCUT2D eigenvalue weighted by atomic mass is 10.00. The van der Waals surface area contributed by atoms with Crippen LogP contribution in [-0.2, 0) is 19.9 Å². The van der Waals surface area contributed by atoms with Gasteiger partial charge < -0.3 is 25.2 Å². The molecule has 4 aromatic rings. The maximum atomic E-state index is 13.2. The van der Waals surface area contributed by atoms with Gasteiger partial charge >= 0.3 is 0 Å². The van der Waals surface area contributed by atoms with Crippen molar-refractivity contribution in [1.29, 1.82) is 0 Å². The SMILES string of the molecule is Cc1c(NC(=O)c2cc3c(s2)CCCCC3)cccc1-c1cc(Nc2ccc(C(=O)N(C)CCO)cn2)c(=O)n(C)c1. The molecule has 3 aromatic heterocycles. The number of benzene rings is 1. The maximum absolute atomic E-state index is 13.2. The number of aryl methyl sites for hydroxylation is 3. The molecule has 2 amide bonds. The number of rotatable bonds is 8. The van der Waals surface area contributed by atoms with E-state index >= 15 is 0 Å². The van der Waals surface area contributed by atoms with Crippen LogP contribution >= 0.6 is 11.3 Å². The van der Waals surface area contributed by atoms with Crippen molar-refractivity contribution in [3.05, 3.63) is 91.7 Å². The van der Waals surface area contributed by atoms with Gasteiger partial charge in [0.15, 0.2) is 0 Å². The highest BCUT2D eigenvalue weighted by Crippen LogP contribution is 2.32. The summed E-state index contributed by atoms with van der Waals surface area (Å²) in [7, 11) is 3.29. The lowest BCUT2D eigenvalue weighted by Crippen LogP contribution is -2.29. The predicted octanol–water partition coefficient (Wildman–Crippen LogP) is 5.15. The number of aliphatic hydroxyl groups excluding tert-OH is 1. The quantitative estimate of drug-likeness (QED) is 0.247. The number of amides is 2. The first-order valence-electron chi connectivity index (χ1n) is 14.1. The Balaban J connectivity index is 1.37. The number of aliphatic hydroxyl groups is 1. The van der Waals surface area contributed by atoms with Gasteiger partial charge in [0.05, 0.1) is 17.0 Å². The molecular formula is C32H35N5O4S. The number of nitrogens with zero attached hydrogens (tertiary/aromatic N) is 3. The molecule has 42 heavy (non-hydrogen) atoms. The van der Waals surface area contributed by atoms with Gasteiger partial charge in [-0.2, -0.15) is 0 Å². The highest BCUT2D eigenvalue weighted by atomic mass is 32.1. The molecular weight excluding hydrogens is 550 g/mol. The number of carbonyl (C=O) groups excluding carboxylic acids is 2. The Morgan fingerprint density at radius 1 is 1.10 bits per heavy atom. The molecule has 1 aromatic carbocycles. The number of carbonyl (C=O) groups is 2. The van der Waals surface area contributed by atoms with E-state index in [4.69, 9.17) is 5.11 Å². The van der Waals surface area contributed by atoms with Gasteiger partial charge in [-0.3, -0.25) is 14.4 Å². The summed E-state index contributed by atoms with van der Waals surface area (Å²) in [5.74, 6) is 0.0574. The molecule has 3 heterocycles. The van der Waals surface area contributed by atoms with Crippen LogP contribution in [0.25, 0.3) is 11.1 Å². The van der Waals surface area contributed by atoms with E-state index in [0.29, 0.717) is 17.1 Å². The number of nitrogens with one attached hydrogen (secondary N) is 2. The van der Waals surface area contributed by atoms with Gasteiger partial charge in [0.2, 0.25) is 0 Å². The highest BCUT2D eigenvalue weighted by molar-refractivity contribution is 7.14. The third kappa shape index (κ3) is 6.29. The van der Waals surface area contributed by atoms with Crippen molar-refractivity contribution in [2.24, 2.45) is 7.05 Å². The van der Waals surface area contributed by atoms with Gasteiger partial charge in [-0.15, -0.1) is 11.3 Å². The summed E-state index contributed by atoms with van der Waals surface area (Å²) in [4.78, 5) is 46.4. The van der Waals surface area contributed by atoms with Gasteiger partial charge in [0.1, 0.15) is 11.5 Å². The Morgan fingerprint density at radius 3 is 2.67 bits per heavy atom. The van der Waals surface area contributed by atoms with Crippen LogP contribution in [0.2, 0.25) is 0 Å². The predicted molar refractivity (Wildman–Crippen MR) is 167 cm³/mol. The van der Waals surface area contributed by atoms with Crippen molar-refractivity contribution in [3.63, 3.8) is 0 Å². The van der Waals surface area contributed by atoms with Gasteiger partial charge in [-0.1, -0.05) is 18.6 Å². The lowest BCUT2D eigenvalue weighted by molar-refractivity contribution is 0.0766. The number of fused-ring (bicyclic) bond motifs is 1. The molecule has 0 bridgehead atoms. The first-order valence-corrected chi connectivity index (χ1v) is 14.9. The summed E-state index contributed by atoms with van der Waals surface area (Å²) in [6.45, 7) is 2.06. The molecule has 0 aliphatic heterocycles. The summed E-state index contributed by atoms with van der Waals surface area (Å²) in [5.41, 5.74) is 5.08. The van der Waals surface area contributed by atoms with Crippen LogP contribution in [0.15, 0.2) is 59.7 Å². The molecule has 0 atom stereocenters. The average molecular weight is 586 g/mol. The summed E-state index contributed by atoms with van der Waals surface area (Å²) in [6.07, 6.45) is 8.88. The molecule has 10 heteroatoms. The van der Waals surface area contributed by atoms with Crippen LogP contribution in [0.5, 0.6) is 0 Å². The van der Waals surface area contributed by atoms with E-state index in [9.17, 15) is 14.4 Å². The number of thiophene rings is 1.